The predicted molar refractivity (Wildman–Crippen MR) is 105 cm³/mol. The molecule has 0 heterocycles. The van der Waals surface area contributed by atoms with Crippen molar-refractivity contribution in [2.45, 2.75) is 99.0 Å². The Morgan fingerprint density at radius 2 is 1.58 bits per heavy atom. The first-order valence-corrected chi connectivity index (χ1v) is 10.7. The number of carboxylic acid groups (broad SMARTS) is 1. The highest BCUT2D eigenvalue weighted by Crippen LogP contribution is 2.52. The molecule has 1 saturated carbocycles. The van der Waals surface area contributed by atoms with E-state index in [-0.39, 0.29) is 23.9 Å². The van der Waals surface area contributed by atoms with Crippen LogP contribution in [0.4, 0.5) is 0 Å². The Kier molecular flexibility index (Phi) is 9.12. The predicted octanol–water partition coefficient (Wildman–Crippen LogP) is 5.69. The summed E-state index contributed by atoms with van der Waals surface area (Å²) in [5, 5.41) is 10.1. The highest BCUT2D eigenvalue weighted by molar-refractivity contribution is 6.00. The van der Waals surface area contributed by atoms with Gasteiger partial charge in [0.1, 0.15) is 6.10 Å². The summed E-state index contributed by atoms with van der Waals surface area (Å²) < 4.78 is 5.87. The third-order valence-electron chi connectivity index (χ3n) is 6.21. The molecular weight excluding hydrogens is 328 g/mol. The van der Waals surface area contributed by atoms with Gasteiger partial charge in [0.2, 0.25) is 0 Å². The average molecular weight is 369 g/mol. The number of carbonyl (C=O) groups excluding carboxylic acids is 1. The van der Waals surface area contributed by atoms with Gasteiger partial charge >= 0.3 is 11.9 Å². The number of hydrogen-bond acceptors (Lipinski definition) is 3. The fourth-order valence-electron chi connectivity index (χ4n) is 4.80. The van der Waals surface area contributed by atoms with E-state index in [1.807, 2.05) is 27.7 Å². The van der Waals surface area contributed by atoms with E-state index in [0.717, 1.165) is 44.9 Å². The fourth-order valence-corrected chi connectivity index (χ4v) is 4.80. The van der Waals surface area contributed by atoms with Crippen LogP contribution in [0.15, 0.2) is 0 Å². The molecule has 26 heavy (non-hydrogen) atoms. The summed E-state index contributed by atoms with van der Waals surface area (Å²) in [5.74, 6) is -0.889. The molecule has 0 amide bonds. The van der Waals surface area contributed by atoms with E-state index in [4.69, 9.17) is 4.74 Å². The number of carbonyl (C=O) groups is 2. The average Bonchev–Trinajstić information content (AvgIpc) is 2.94. The Balaban J connectivity index is 3.14. The van der Waals surface area contributed by atoms with E-state index in [2.05, 4.69) is 13.8 Å². The molecule has 1 fully saturated rings. The van der Waals surface area contributed by atoms with Gasteiger partial charge in [-0.05, 0) is 42.9 Å². The molecule has 1 aliphatic carbocycles. The topological polar surface area (TPSA) is 63.6 Å². The summed E-state index contributed by atoms with van der Waals surface area (Å²) in [6.45, 7) is 12.4. The molecule has 0 aliphatic heterocycles. The standard InChI is InChI=1S/C22H40O4/c1-7-9-11-17-13-14-22(20(23)24,18(17)12-10-8-2)21(25)26-19(15(3)4)16(5)6/h15-19H,7-14H2,1-6H3,(H,23,24). The lowest BCUT2D eigenvalue weighted by atomic mass is 9.71. The van der Waals surface area contributed by atoms with Crippen LogP contribution >= 0.6 is 0 Å². The van der Waals surface area contributed by atoms with Crippen molar-refractivity contribution in [2.75, 3.05) is 0 Å². The van der Waals surface area contributed by atoms with E-state index >= 15 is 0 Å². The lowest BCUT2D eigenvalue weighted by molar-refractivity contribution is -0.180. The molecule has 4 heteroatoms. The molecule has 0 aromatic heterocycles. The third kappa shape index (κ3) is 5.01. The summed E-state index contributed by atoms with van der Waals surface area (Å²) in [6.07, 6.45) is 7.01. The molecule has 1 rings (SSSR count). The Bertz CT molecular complexity index is 449. The van der Waals surface area contributed by atoms with Gasteiger partial charge in [0.15, 0.2) is 5.41 Å². The van der Waals surface area contributed by atoms with Gasteiger partial charge in [-0.1, -0.05) is 73.6 Å². The lowest BCUT2D eigenvalue weighted by Gasteiger charge is -2.35. The van der Waals surface area contributed by atoms with Crippen LogP contribution in [0, 0.1) is 29.1 Å². The SMILES string of the molecule is CCCCC1CCC(C(=O)O)(C(=O)OC(C(C)C)C(C)C)C1CCCC. The third-order valence-corrected chi connectivity index (χ3v) is 6.21. The smallest absolute Gasteiger partial charge is 0.324 e. The first-order chi connectivity index (χ1) is 12.2. The van der Waals surface area contributed by atoms with Crippen LogP contribution < -0.4 is 0 Å². The normalized spacial score (nSPS) is 26.0. The monoisotopic (exact) mass is 368 g/mol. The van der Waals surface area contributed by atoms with Crippen molar-refractivity contribution in [2.24, 2.45) is 29.1 Å². The zero-order chi connectivity index (χ0) is 19.9. The molecule has 3 unspecified atom stereocenters. The summed E-state index contributed by atoms with van der Waals surface area (Å²) in [4.78, 5) is 25.6. The molecule has 0 saturated heterocycles. The number of aliphatic carboxylic acids is 1. The Morgan fingerprint density at radius 3 is 2.04 bits per heavy atom. The molecule has 0 aromatic carbocycles. The van der Waals surface area contributed by atoms with Crippen molar-refractivity contribution in [3.63, 3.8) is 0 Å². The highest BCUT2D eigenvalue weighted by Gasteiger charge is 2.59. The van der Waals surface area contributed by atoms with Crippen LogP contribution in [0.2, 0.25) is 0 Å². The minimum absolute atomic E-state index is 0.0982. The Morgan fingerprint density at radius 1 is 1.04 bits per heavy atom. The second-order valence-electron chi connectivity index (χ2n) is 8.82. The van der Waals surface area contributed by atoms with Gasteiger partial charge in [-0.25, -0.2) is 0 Å². The van der Waals surface area contributed by atoms with Crippen molar-refractivity contribution >= 4 is 11.9 Å². The quantitative estimate of drug-likeness (QED) is 0.376. The van der Waals surface area contributed by atoms with Crippen molar-refractivity contribution in [1.29, 1.82) is 0 Å². The van der Waals surface area contributed by atoms with E-state index in [9.17, 15) is 14.7 Å². The molecular formula is C22H40O4. The second-order valence-corrected chi connectivity index (χ2v) is 8.82. The molecule has 4 nitrogen and oxygen atoms in total. The fraction of sp³-hybridized carbons (Fsp3) is 0.909. The van der Waals surface area contributed by atoms with Gasteiger partial charge in [0, 0.05) is 0 Å². The number of hydrogen-bond donors (Lipinski definition) is 1. The van der Waals surface area contributed by atoms with Gasteiger partial charge < -0.3 is 9.84 Å². The maximum Gasteiger partial charge on any atom is 0.324 e. The summed E-state index contributed by atoms with van der Waals surface area (Å²) in [5.41, 5.74) is -1.35. The maximum absolute atomic E-state index is 13.2. The van der Waals surface area contributed by atoms with Crippen LogP contribution in [0.5, 0.6) is 0 Å². The van der Waals surface area contributed by atoms with Gasteiger partial charge in [0.05, 0.1) is 0 Å². The van der Waals surface area contributed by atoms with Gasteiger partial charge in [-0.2, -0.15) is 0 Å². The molecule has 1 aliphatic rings. The number of esters is 1. The summed E-state index contributed by atoms with van der Waals surface area (Å²) in [7, 11) is 0. The zero-order valence-corrected chi connectivity index (χ0v) is 17.7. The van der Waals surface area contributed by atoms with E-state index in [1.54, 1.807) is 0 Å². The lowest BCUT2D eigenvalue weighted by Crippen LogP contribution is -2.47. The molecule has 1 N–H and O–H groups in total. The second kappa shape index (κ2) is 10.3. The number of rotatable bonds is 11. The first kappa shape index (κ1) is 23.0. The van der Waals surface area contributed by atoms with Crippen LogP contribution in [0.25, 0.3) is 0 Å². The highest BCUT2D eigenvalue weighted by atomic mass is 16.5. The molecule has 0 radical (unpaired) electrons. The van der Waals surface area contributed by atoms with Crippen molar-refractivity contribution in [3.05, 3.63) is 0 Å². The number of unbranched alkanes of at least 4 members (excludes halogenated alkanes) is 2. The summed E-state index contributed by atoms with van der Waals surface area (Å²) in [6, 6.07) is 0. The maximum atomic E-state index is 13.2. The minimum atomic E-state index is -1.35. The molecule has 152 valence electrons. The zero-order valence-electron chi connectivity index (χ0n) is 17.7. The van der Waals surface area contributed by atoms with Crippen molar-refractivity contribution in [1.82, 2.24) is 0 Å². The molecule has 3 atom stereocenters. The van der Waals surface area contributed by atoms with E-state index in [1.165, 1.54) is 0 Å². The molecule has 0 bridgehead atoms. The van der Waals surface area contributed by atoms with E-state index in [0.29, 0.717) is 12.3 Å². The van der Waals surface area contributed by atoms with Crippen LogP contribution in [0.3, 0.4) is 0 Å². The van der Waals surface area contributed by atoms with Crippen molar-refractivity contribution < 1.29 is 19.4 Å². The van der Waals surface area contributed by atoms with Crippen LogP contribution in [-0.2, 0) is 14.3 Å². The number of carboxylic acids is 1. The Labute approximate surface area is 160 Å². The summed E-state index contributed by atoms with van der Waals surface area (Å²) >= 11 is 0. The van der Waals surface area contributed by atoms with E-state index < -0.39 is 17.4 Å². The molecule has 0 spiro atoms. The largest absolute Gasteiger partial charge is 0.480 e. The van der Waals surface area contributed by atoms with Gasteiger partial charge in [-0.15, -0.1) is 0 Å². The first-order valence-electron chi connectivity index (χ1n) is 10.7. The Hall–Kier alpha value is -1.06. The van der Waals surface area contributed by atoms with Crippen LogP contribution in [-0.4, -0.2) is 23.1 Å². The minimum Gasteiger partial charge on any atom is -0.480 e. The van der Waals surface area contributed by atoms with Crippen molar-refractivity contribution in [3.8, 4) is 0 Å². The van der Waals surface area contributed by atoms with Crippen LogP contribution in [0.1, 0.15) is 92.9 Å². The van der Waals surface area contributed by atoms with Gasteiger partial charge in [0.25, 0.3) is 0 Å². The number of ether oxygens (including phenoxy) is 1. The van der Waals surface area contributed by atoms with Gasteiger partial charge in [-0.3, -0.25) is 9.59 Å². The molecule has 0 aromatic rings.